The quantitative estimate of drug-likeness (QED) is 0.814. The topological polar surface area (TPSA) is 55.1 Å². The number of benzene rings is 1. The van der Waals surface area contributed by atoms with E-state index in [0.717, 1.165) is 30.6 Å². The number of carbonyl (C=O) groups excluding carboxylic acids is 1. The predicted molar refractivity (Wildman–Crippen MR) is 99.1 cm³/mol. The summed E-state index contributed by atoms with van der Waals surface area (Å²) < 4.78 is 5.79. The number of amides is 1. The lowest BCUT2D eigenvalue weighted by atomic mass is 9.96. The minimum absolute atomic E-state index is 0.167. The van der Waals surface area contributed by atoms with Crippen LogP contribution in [0.2, 0.25) is 0 Å². The van der Waals surface area contributed by atoms with Crippen molar-refractivity contribution in [3.63, 3.8) is 0 Å². The van der Waals surface area contributed by atoms with Crippen LogP contribution in [0, 0.1) is 0 Å². The number of nitrogens with one attached hydrogen (secondary N) is 1. The molecule has 4 heteroatoms. The van der Waals surface area contributed by atoms with Gasteiger partial charge in [0.15, 0.2) is 11.7 Å². The molecule has 0 atom stereocenters. The van der Waals surface area contributed by atoms with Crippen LogP contribution < -0.4 is 5.32 Å². The van der Waals surface area contributed by atoms with E-state index in [1.165, 1.54) is 32.1 Å². The Kier molecular flexibility index (Phi) is 6.66. The van der Waals surface area contributed by atoms with Crippen LogP contribution in [0.1, 0.15) is 63.7 Å². The molecule has 4 nitrogen and oxygen atoms in total. The molecule has 0 saturated heterocycles. The Bertz CT molecular complexity index is 643. The zero-order valence-corrected chi connectivity index (χ0v) is 14.9. The Balaban J connectivity index is 1.40. The molecule has 0 unspecified atom stereocenters. The molecule has 1 heterocycles. The Morgan fingerprint density at radius 1 is 1.08 bits per heavy atom. The number of nitrogens with zero attached hydrogens (tertiary/aromatic N) is 1. The molecule has 1 amide bonds. The van der Waals surface area contributed by atoms with Crippen LogP contribution in [0.3, 0.4) is 0 Å². The van der Waals surface area contributed by atoms with Crippen LogP contribution >= 0.6 is 0 Å². The zero-order chi connectivity index (χ0) is 17.3. The summed E-state index contributed by atoms with van der Waals surface area (Å²) in [7, 11) is 0. The first-order valence-electron chi connectivity index (χ1n) is 9.61. The number of hydrogen-bond donors (Lipinski definition) is 1. The van der Waals surface area contributed by atoms with E-state index in [0.29, 0.717) is 24.8 Å². The molecule has 1 aromatic carbocycles. The third-order valence-corrected chi connectivity index (χ3v) is 4.88. The van der Waals surface area contributed by atoms with Crippen molar-refractivity contribution in [1.29, 1.82) is 0 Å². The lowest BCUT2D eigenvalue weighted by molar-refractivity contribution is -0.122. The summed E-state index contributed by atoms with van der Waals surface area (Å²) in [5, 5.41) is 3.21. The molecule has 134 valence electrons. The van der Waals surface area contributed by atoms with Crippen molar-refractivity contribution < 1.29 is 9.21 Å². The second-order valence-electron chi connectivity index (χ2n) is 6.95. The third-order valence-electron chi connectivity index (χ3n) is 4.88. The molecule has 0 spiro atoms. The third kappa shape index (κ3) is 5.73. The van der Waals surface area contributed by atoms with E-state index < -0.39 is 0 Å². The standard InChI is InChI=1S/C21H28N2O2/c24-20(23-18-12-7-2-1-3-8-13-18)14-9-15-21-22-16-19(25-21)17-10-5-4-6-11-17/h4-6,10-11,16,18H,1-3,7-9,12-15H2,(H,23,24). The monoisotopic (exact) mass is 340 g/mol. The van der Waals surface area contributed by atoms with Crippen molar-refractivity contribution in [3.8, 4) is 11.3 Å². The maximum absolute atomic E-state index is 12.2. The number of aryl methyl sites for hydroxylation is 1. The van der Waals surface area contributed by atoms with Gasteiger partial charge < -0.3 is 9.73 Å². The summed E-state index contributed by atoms with van der Waals surface area (Å²) >= 11 is 0. The Hall–Kier alpha value is -2.10. The highest BCUT2D eigenvalue weighted by Gasteiger charge is 2.14. The second-order valence-corrected chi connectivity index (χ2v) is 6.95. The van der Waals surface area contributed by atoms with Crippen molar-refractivity contribution >= 4 is 5.91 Å². The zero-order valence-electron chi connectivity index (χ0n) is 14.9. The van der Waals surface area contributed by atoms with E-state index >= 15 is 0 Å². The lowest BCUT2D eigenvalue weighted by Gasteiger charge is -2.20. The lowest BCUT2D eigenvalue weighted by Crippen LogP contribution is -2.35. The fourth-order valence-electron chi connectivity index (χ4n) is 3.46. The summed E-state index contributed by atoms with van der Waals surface area (Å²) in [5.74, 6) is 1.66. The number of aromatic nitrogens is 1. The van der Waals surface area contributed by atoms with Gasteiger partial charge in [0.1, 0.15) is 0 Å². The highest BCUT2D eigenvalue weighted by molar-refractivity contribution is 5.76. The van der Waals surface area contributed by atoms with Crippen molar-refractivity contribution in [3.05, 3.63) is 42.4 Å². The van der Waals surface area contributed by atoms with Gasteiger partial charge in [0.25, 0.3) is 0 Å². The summed E-state index contributed by atoms with van der Waals surface area (Å²) in [4.78, 5) is 16.5. The molecule has 2 aromatic rings. The normalized spacial score (nSPS) is 16.2. The number of carbonyl (C=O) groups is 1. The molecule has 25 heavy (non-hydrogen) atoms. The molecular weight excluding hydrogens is 312 g/mol. The molecular formula is C21H28N2O2. The molecule has 1 aliphatic rings. The summed E-state index contributed by atoms with van der Waals surface area (Å²) in [5.41, 5.74) is 1.03. The molecule has 0 aliphatic heterocycles. The molecule has 0 bridgehead atoms. The molecule has 0 radical (unpaired) electrons. The molecule has 1 saturated carbocycles. The maximum Gasteiger partial charge on any atom is 0.220 e. The Labute approximate surface area is 150 Å². The van der Waals surface area contributed by atoms with Crippen LogP contribution in [-0.4, -0.2) is 16.9 Å². The van der Waals surface area contributed by atoms with Crippen LogP contribution in [0.25, 0.3) is 11.3 Å². The Morgan fingerprint density at radius 2 is 1.80 bits per heavy atom. The number of oxazole rings is 1. The van der Waals surface area contributed by atoms with Crippen molar-refractivity contribution in [2.75, 3.05) is 0 Å². The predicted octanol–water partition coefficient (Wildman–Crippen LogP) is 4.89. The van der Waals surface area contributed by atoms with E-state index in [1.54, 1.807) is 6.20 Å². The molecule has 1 aromatic heterocycles. The van der Waals surface area contributed by atoms with Gasteiger partial charge in [-0.25, -0.2) is 4.98 Å². The van der Waals surface area contributed by atoms with Gasteiger partial charge in [-0.1, -0.05) is 62.4 Å². The molecule has 1 fully saturated rings. The number of hydrogen-bond acceptors (Lipinski definition) is 3. The first kappa shape index (κ1) is 17.7. The first-order valence-corrected chi connectivity index (χ1v) is 9.61. The smallest absolute Gasteiger partial charge is 0.220 e. The largest absolute Gasteiger partial charge is 0.441 e. The minimum atomic E-state index is 0.167. The van der Waals surface area contributed by atoms with Gasteiger partial charge in [-0.2, -0.15) is 0 Å². The molecule has 3 rings (SSSR count). The van der Waals surface area contributed by atoms with Crippen molar-refractivity contribution in [1.82, 2.24) is 10.3 Å². The fraction of sp³-hybridized carbons (Fsp3) is 0.524. The van der Waals surface area contributed by atoms with E-state index in [4.69, 9.17) is 4.42 Å². The van der Waals surface area contributed by atoms with Gasteiger partial charge in [-0.3, -0.25) is 4.79 Å². The highest BCUT2D eigenvalue weighted by Crippen LogP contribution is 2.21. The average molecular weight is 340 g/mol. The summed E-state index contributed by atoms with van der Waals surface area (Å²) in [6.45, 7) is 0. The second kappa shape index (κ2) is 9.40. The van der Waals surface area contributed by atoms with Gasteiger partial charge in [0.05, 0.1) is 6.20 Å². The average Bonchev–Trinajstić information content (AvgIpc) is 3.07. The van der Waals surface area contributed by atoms with Crippen LogP contribution in [-0.2, 0) is 11.2 Å². The van der Waals surface area contributed by atoms with Gasteiger partial charge in [-0.05, 0) is 19.3 Å². The Morgan fingerprint density at radius 3 is 2.56 bits per heavy atom. The first-order chi connectivity index (χ1) is 12.3. The van der Waals surface area contributed by atoms with E-state index in [-0.39, 0.29) is 5.91 Å². The van der Waals surface area contributed by atoms with Gasteiger partial charge >= 0.3 is 0 Å². The SMILES string of the molecule is O=C(CCCc1ncc(-c2ccccc2)o1)NC1CCCCCCC1. The minimum Gasteiger partial charge on any atom is -0.441 e. The fourth-order valence-corrected chi connectivity index (χ4v) is 3.46. The molecule has 1 aliphatic carbocycles. The van der Waals surface area contributed by atoms with Crippen molar-refractivity contribution in [2.45, 2.75) is 70.3 Å². The van der Waals surface area contributed by atoms with Gasteiger partial charge in [0.2, 0.25) is 5.91 Å². The molecule has 1 N–H and O–H groups in total. The van der Waals surface area contributed by atoms with Crippen LogP contribution in [0.5, 0.6) is 0 Å². The van der Waals surface area contributed by atoms with Gasteiger partial charge in [-0.15, -0.1) is 0 Å². The van der Waals surface area contributed by atoms with Crippen molar-refractivity contribution in [2.24, 2.45) is 0 Å². The van der Waals surface area contributed by atoms with E-state index in [9.17, 15) is 4.79 Å². The van der Waals surface area contributed by atoms with E-state index in [1.807, 2.05) is 30.3 Å². The van der Waals surface area contributed by atoms with Crippen LogP contribution in [0.15, 0.2) is 40.9 Å². The number of rotatable bonds is 6. The maximum atomic E-state index is 12.2. The van der Waals surface area contributed by atoms with Gasteiger partial charge in [0, 0.05) is 24.4 Å². The summed E-state index contributed by atoms with van der Waals surface area (Å²) in [6.07, 6.45) is 12.5. The highest BCUT2D eigenvalue weighted by atomic mass is 16.4. The van der Waals surface area contributed by atoms with E-state index in [2.05, 4.69) is 10.3 Å². The summed E-state index contributed by atoms with van der Waals surface area (Å²) in [6, 6.07) is 10.3. The van der Waals surface area contributed by atoms with Crippen LogP contribution in [0.4, 0.5) is 0 Å².